The van der Waals surface area contributed by atoms with Crippen molar-refractivity contribution in [2.45, 2.75) is 11.8 Å². The van der Waals surface area contributed by atoms with Crippen molar-refractivity contribution in [1.29, 1.82) is 0 Å². The fourth-order valence-corrected chi connectivity index (χ4v) is 5.55. The summed E-state index contributed by atoms with van der Waals surface area (Å²) in [7, 11) is -1.04. The highest BCUT2D eigenvalue weighted by atomic mass is 35.5. The summed E-state index contributed by atoms with van der Waals surface area (Å²) in [5.74, 6) is 0.566. The molecular formula is C21H21ClN2O5S2. The maximum Gasteiger partial charge on any atom is 0.267 e. The molecule has 0 radical (unpaired) electrons. The maximum atomic E-state index is 13.2. The van der Waals surface area contributed by atoms with Crippen LogP contribution < -0.4 is 19.1 Å². The monoisotopic (exact) mass is 480 g/mol. The number of thiophene rings is 1. The van der Waals surface area contributed by atoms with E-state index in [2.05, 4.69) is 5.32 Å². The zero-order chi connectivity index (χ0) is 22.6. The summed E-state index contributed by atoms with van der Waals surface area (Å²) in [5.41, 5.74) is 0.871. The molecule has 10 heteroatoms. The molecule has 31 heavy (non-hydrogen) atoms. The van der Waals surface area contributed by atoms with Gasteiger partial charge in [0.1, 0.15) is 21.3 Å². The lowest BCUT2D eigenvalue weighted by Crippen LogP contribution is -2.28. The number of carbonyl (C=O) groups is 1. The lowest BCUT2D eigenvalue weighted by atomic mass is 10.3. The van der Waals surface area contributed by atoms with Gasteiger partial charge in [0.05, 0.1) is 24.4 Å². The van der Waals surface area contributed by atoms with Crippen molar-refractivity contribution in [1.82, 2.24) is 0 Å². The highest BCUT2D eigenvalue weighted by Gasteiger charge is 2.28. The van der Waals surface area contributed by atoms with E-state index in [4.69, 9.17) is 21.1 Å². The number of ether oxygens (including phenoxy) is 2. The molecule has 164 valence electrons. The lowest BCUT2D eigenvalue weighted by molar-refractivity contribution is 0.102. The number of halogens is 1. The van der Waals surface area contributed by atoms with Crippen molar-refractivity contribution in [3.8, 4) is 11.5 Å². The molecular weight excluding hydrogens is 460 g/mol. The number of anilines is 2. The number of hydrogen-bond acceptors (Lipinski definition) is 6. The molecule has 3 aromatic rings. The summed E-state index contributed by atoms with van der Waals surface area (Å²) >= 11 is 7.14. The second-order valence-corrected chi connectivity index (χ2v) is 9.58. The van der Waals surface area contributed by atoms with E-state index in [9.17, 15) is 13.2 Å². The van der Waals surface area contributed by atoms with Crippen LogP contribution in [0.5, 0.6) is 11.5 Å². The number of carbonyl (C=O) groups excluding carboxylic acids is 1. The first-order valence-corrected chi connectivity index (χ1v) is 11.9. The molecule has 0 aliphatic rings. The van der Waals surface area contributed by atoms with E-state index in [-0.39, 0.29) is 9.77 Å². The van der Waals surface area contributed by atoms with Gasteiger partial charge in [0, 0.05) is 12.7 Å². The van der Waals surface area contributed by atoms with Gasteiger partial charge in [-0.2, -0.15) is 0 Å². The van der Waals surface area contributed by atoms with Crippen LogP contribution in [-0.4, -0.2) is 35.1 Å². The number of amides is 1. The lowest BCUT2D eigenvalue weighted by Gasteiger charge is -2.20. The molecule has 0 saturated heterocycles. The molecule has 1 aromatic heterocycles. The van der Waals surface area contributed by atoms with Crippen LogP contribution in [-0.2, 0) is 10.0 Å². The van der Waals surface area contributed by atoms with Gasteiger partial charge in [-0.1, -0.05) is 11.6 Å². The minimum atomic E-state index is -3.96. The summed E-state index contributed by atoms with van der Waals surface area (Å²) < 4.78 is 38.0. The molecule has 1 N–H and O–H groups in total. The van der Waals surface area contributed by atoms with E-state index in [0.717, 1.165) is 15.6 Å². The fourth-order valence-electron chi connectivity index (χ4n) is 2.80. The first-order valence-electron chi connectivity index (χ1n) is 9.22. The second-order valence-electron chi connectivity index (χ2n) is 6.32. The molecule has 3 rings (SSSR count). The molecule has 0 atom stereocenters. The van der Waals surface area contributed by atoms with Crippen LogP contribution in [0.3, 0.4) is 0 Å². The molecule has 2 aromatic carbocycles. The summed E-state index contributed by atoms with van der Waals surface area (Å²) in [6.45, 7) is 2.38. The number of nitrogens with one attached hydrogen (secondary N) is 1. The molecule has 0 fully saturated rings. The Balaban J connectivity index is 1.85. The molecule has 7 nitrogen and oxygen atoms in total. The third-order valence-electron chi connectivity index (χ3n) is 4.39. The molecule has 0 unspecified atom stereocenters. The highest BCUT2D eigenvalue weighted by molar-refractivity contribution is 7.93. The minimum absolute atomic E-state index is 0.0738. The van der Waals surface area contributed by atoms with Crippen LogP contribution in [0.4, 0.5) is 11.4 Å². The smallest absolute Gasteiger partial charge is 0.267 e. The minimum Gasteiger partial charge on any atom is -0.495 e. The Bertz CT molecular complexity index is 1180. The fraction of sp³-hybridized carbons (Fsp3) is 0.190. The van der Waals surface area contributed by atoms with E-state index in [1.807, 2.05) is 6.92 Å². The van der Waals surface area contributed by atoms with E-state index in [1.54, 1.807) is 41.8 Å². The van der Waals surface area contributed by atoms with Gasteiger partial charge in [0.2, 0.25) is 0 Å². The Labute approximate surface area is 190 Å². The van der Waals surface area contributed by atoms with Crippen molar-refractivity contribution in [2.75, 3.05) is 30.4 Å². The third kappa shape index (κ3) is 4.95. The van der Waals surface area contributed by atoms with Gasteiger partial charge in [0.25, 0.3) is 15.9 Å². The van der Waals surface area contributed by atoms with Crippen molar-refractivity contribution >= 4 is 50.2 Å². The van der Waals surface area contributed by atoms with E-state index >= 15 is 0 Å². The average molecular weight is 481 g/mol. The highest BCUT2D eigenvalue weighted by Crippen LogP contribution is 2.31. The average Bonchev–Trinajstić information content (AvgIpc) is 3.25. The van der Waals surface area contributed by atoms with E-state index in [1.165, 1.54) is 26.3 Å². The number of methoxy groups -OCH3 is 1. The van der Waals surface area contributed by atoms with Gasteiger partial charge >= 0.3 is 0 Å². The molecule has 0 saturated carbocycles. The predicted molar refractivity (Wildman–Crippen MR) is 123 cm³/mol. The van der Waals surface area contributed by atoms with Gasteiger partial charge < -0.3 is 14.8 Å². The first-order chi connectivity index (χ1) is 14.8. The van der Waals surface area contributed by atoms with Gasteiger partial charge in [0.15, 0.2) is 0 Å². The van der Waals surface area contributed by atoms with E-state index < -0.39 is 15.9 Å². The van der Waals surface area contributed by atoms with Crippen LogP contribution in [0.25, 0.3) is 0 Å². The van der Waals surface area contributed by atoms with Crippen molar-refractivity contribution < 1.29 is 22.7 Å². The van der Waals surface area contributed by atoms with E-state index in [0.29, 0.717) is 34.5 Å². The Morgan fingerprint density at radius 1 is 1.16 bits per heavy atom. The zero-order valence-corrected chi connectivity index (χ0v) is 19.5. The molecule has 1 heterocycles. The number of hydrogen-bond donors (Lipinski definition) is 1. The number of nitrogens with zero attached hydrogens (tertiary/aromatic N) is 1. The van der Waals surface area contributed by atoms with Crippen LogP contribution in [0, 0.1) is 0 Å². The van der Waals surface area contributed by atoms with Gasteiger partial charge in [-0.3, -0.25) is 9.10 Å². The van der Waals surface area contributed by atoms with Crippen molar-refractivity contribution in [3.05, 3.63) is 63.8 Å². The van der Waals surface area contributed by atoms with Crippen molar-refractivity contribution in [2.24, 2.45) is 0 Å². The van der Waals surface area contributed by atoms with Crippen molar-refractivity contribution in [3.63, 3.8) is 0 Å². The van der Waals surface area contributed by atoms with Gasteiger partial charge in [-0.25, -0.2) is 8.42 Å². The molecule has 0 spiro atoms. The van der Waals surface area contributed by atoms with Crippen LogP contribution in [0.1, 0.15) is 16.6 Å². The van der Waals surface area contributed by atoms with Crippen LogP contribution in [0.15, 0.2) is 58.8 Å². The second kappa shape index (κ2) is 9.59. The SMILES string of the molecule is CCOc1ccc(N(C)S(=O)(=O)c2ccsc2C(=O)Nc2ccc(OC)c(Cl)c2)cc1. The Hall–Kier alpha value is -2.75. The molecule has 0 aliphatic heterocycles. The summed E-state index contributed by atoms with van der Waals surface area (Å²) in [6.07, 6.45) is 0. The maximum absolute atomic E-state index is 13.2. The molecule has 1 amide bonds. The molecule has 0 aliphatic carbocycles. The number of benzene rings is 2. The van der Waals surface area contributed by atoms with Gasteiger partial charge in [-0.05, 0) is 60.8 Å². The quantitative estimate of drug-likeness (QED) is 0.496. The number of rotatable bonds is 8. The Morgan fingerprint density at radius 3 is 2.48 bits per heavy atom. The summed E-state index contributed by atoms with van der Waals surface area (Å²) in [4.78, 5) is 12.8. The topological polar surface area (TPSA) is 84.9 Å². The first kappa shape index (κ1) is 22.9. The summed E-state index contributed by atoms with van der Waals surface area (Å²) in [5, 5.41) is 4.57. The van der Waals surface area contributed by atoms with Gasteiger partial charge in [-0.15, -0.1) is 11.3 Å². The molecule has 0 bridgehead atoms. The van der Waals surface area contributed by atoms with Crippen LogP contribution in [0.2, 0.25) is 5.02 Å². The largest absolute Gasteiger partial charge is 0.495 e. The predicted octanol–water partition coefficient (Wildman–Crippen LogP) is 4.89. The standard InChI is InChI=1S/C21H21ClN2O5S2/c1-4-29-16-8-6-15(7-9-16)24(2)31(26,27)19-11-12-30-20(19)21(25)23-14-5-10-18(28-3)17(22)13-14/h5-13H,4H2,1-3H3,(H,23,25). The van der Waals surface area contributed by atoms with Crippen LogP contribution >= 0.6 is 22.9 Å². The normalized spacial score (nSPS) is 11.1. The third-order valence-corrected chi connectivity index (χ3v) is 7.56. The summed E-state index contributed by atoms with van der Waals surface area (Å²) in [6, 6.07) is 12.9. The number of sulfonamides is 1. The zero-order valence-electron chi connectivity index (χ0n) is 17.1. The Morgan fingerprint density at radius 2 is 1.87 bits per heavy atom. The Kier molecular flexibility index (Phi) is 7.09.